The van der Waals surface area contributed by atoms with Gasteiger partial charge in [0.2, 0.25) is 12.0 Å². The fourth-order valence-electron chi connectivity index (χ4n) is 4.66. The number of fused-ring (bicyclic) bond motifs is 1. The zero-order chi connectivity index (χ0) is 28.7. The number of rotatable bonds is 7. The predicted octanol–water partition coefficient (Wildman–Crippen LogP) is -0.860. The lowest BCUT2D eigenvalue weighted by molar-refractivity contribution is -0.315. The Bertz CT molecular complexity index is 1330. The minimum atomic E-state index is -1.79. The lowest BCUT2D eigenvalue weighted by atomic mass is 9.98. The summed E-state index contributed by atoms with van der Waals surface area (Å²) in [7, 11) is 0. The van der Waals surface area contributed by atoms with Gasteiger partial charge in [0.15, 0.2) is 6.29 Å². The highest BCUT2D eigenvalue weighted by Gasteiger charge is 2.51. The molecular formula is C26H29O14+. The molecule has 2 aliphatic heterocycles. The van der Waals surface area contributed by atoms with Crippen LogP contribution in [0.15, 0.2) is 46.9 Å². The molecule has 0 spiro atoms. The summed E-state index contributed by atoms with van der Waals surface area (Å²) in [6, 6.07) is 9.48. The monoisotopic (exact) mass is 565 g/mol. The highest BCUT2D eigenvalue weighted by molar-refractivity contribution is 5.88. The summed E-state index contributed by atoms with van der Waals surface area (Å²) in [6.07, 6.45) is -13.6. The Morgan fingerprint density at radius 1 is 0.725 bits per heavy atom. The number of aliphatic hydroxyl groups excluding tert-OH is 6. The molecule has 40 heavy (non-hydrogen) atoms. The number of ether oxygens (including phenoxy) is 4. The van der Waals surface area contributed by atoms with Crippen LogP contribution in [0, 0.1) is 0 Å². The Morgan fingerprint density at radius 2 is 1.38 bits per heavy atom. The normalized spacial score (nSPS) is 32.4. The molecule has 2 saturated heterocycles. The lowest BCUT2D eigenvalue weighted by Gasteiger charge is -2.42. The van der Waals surface area contributed by atoms with Crippen LogP contribution in [-0.4, -0.2) is 114 Å². The van der Waals surface area contributed by atoms with Crippen molar-refractivity contribution in [2.45, 2.75) is 55.3 Å². The van der Waals surface area contributed by atoms with E-state index in [0.717, 1.165) is 6.07 Å². The van der Waals surface area contributed by atoms with Crippen LogP contribution in [0.2, 0.25) is 0 Å². The van der Waals surface area contributed by atoms with Crippen LogP contribution in [0.3, 0.4) is 0 Å². The lowest BCUT2D eigenvalue weighted by Crippen LogP contribution is -2.62. The summed E-state index contributed by atoms with van der Waals surface area (Å²) in [5, 5.41) is 91.2. The summed E-state index contributed by atoms with van der Waals surface area (Å²) >= 11 is 0. The molecule has 0 radical (unpaired) electrons. The SMILES string of the molecule is OC[C@H]1O[C@@H](O[C@@H]2[C@H](O)[C@@H](O)C(Oc3cc4c(O)cc(O)cc4[o+]c3-c3ccc(O)cc3)O[C@@H]2CO)[C@H](O)[C@H]1O. The fourth-order valence-corrected chi connectivity index (χ4v) is 4.66. The Kier molecular flexibility index (Phi) is 7.96. The molecule has 0 amide bonds. The second-order valence-electron chi connectivity index (χ2n) is 9.50. The topological polar surface area (TPSA) is 230 Å². The van der Waals surface area contributed by atoms with Crippen molar-refractivity contribution in [3.8, 4) is 34.3 Å². The van der Waals surface area contributed by atoms with Crippen LogP contribution in [-0.2, 0) is 14.2 Å². The van der Waals surface area contributed by atoms with Crippen LogP contribution in [0.4, 0.5) is 0 Å². The van der Waals surface area contributed by atoms with Crippen LogP contribution in [0.5, 0.6) is 23.0 Å². The van der Waals surface area contributed by atoms with E-state index >= 15 is 0 Å². The summed E-state index contributed by atoms with van der Waals surface area (Å²) in [5.41, 5.74) is 0.478. The largest absolute Gasteiger partial charge is 0.508 e. The van der Waals surface area contributed by atoms with Crippen molar-refractivity contribution in [3.63, 3.8) is 0 Å². The molecule has 1 aromatic heterocycles. The Hall–Kier alpha value is -3.31. The van der Waals surface area contributed by atoms with Crippen molar-refractivity contribution in [1.29, 1.82) is 0 Å². The molecule has 2 fully saturated rings. The molecule has 2 aliphatic rings. The van der Waals surface area contributed by atoms with Gasteiger partial charge in [0, 0.05) is 12.1 Å². The maximum absolute atomic E-state index is 10.9. The van der Waals surface area contributed by atoms with Gasteiger partial charge in [0.1, 0.15) is 65.4 Å². The number of benzene rings is 2. The van der Waals surface area contributed by atoms with Crippen molar-refractivity contribution in [2.75, 3.05) is 13.2 Å². The molecule has 3 heterocycles. The zero-order valence-electron chi connectivity index (χ0n) is 20.7. The standard InChI is InChI=1S/C26H28O14/c27-8-17-19(32)21(34)26(38-17)40-24-18(9-28)39-25(22(35)20(24)33)37-16-7-13-14(31)5-12(30)6-15(13)36-23(16)10-1-3-11(29)4-2-10/h1-7,17-22,24-28,32-35H,8-9H2,(H2-,29,30,31)/p+1/t17-,18-,19+,20-,21-,22-,24+,25?,26+/m1/s1. The van der Waals surface area contributed by atoms with E-state index < -0.39 is 68.5 Å². The first kappa shape index (κ1) is 28.2. The summed E-state index contributed by atoms with van der Waals surface area (Å²) < 4.78 is 28.3. The first-order valence-electron chi connectivity index (χ1n) is 12.3. The maximum atomic E-state index is 10.9. The van der Waals surface area contributed by atoms with Gasteiger partial charge in [-0.15, -0.1) is 0 Å². The highest BCUT2D eigenvalue weighted by Crippen LogP contribution is 2.41. The van der Waals surface area contributed by atoms with E-state index in [1.807, 2.05) is 0 Å². The van der Waals surface area contributed by atoms with Gasteiger partial charge in [0.25, 0.3) is 0 Å². The van der Waals surface area contributed by atoms with E-state index in [0.29, 0.717) is 5.56 Å². The molecule has 9 N–H and O–H groups in total. The quantitative estimate of drug-likeness (QED) is 0.159. The van der Waals surface area contributed by atoms with E-state index in [1.165, 1.54) is 36.4 Å². The number of aliphatic hydroxyl groups is 6. The van der Waals surface area contributed by atoms with E-state index in [2.05, 4.69) is 0 Å². The number of phenols is 3. The molecule has 5 rings (SSSR count). The van der Waals surface area contributed by atoms with Gasteiger partial charge in [-0.2, -0.15) is 0 Å². The van der Waals surface area contributed by atoms with E-state index in [4.69, 9.17) is 23.4 Å². The van der Waals surface area contributed by atoms with Crippen molar-refractivity contribution >= 4 is 11.0 Å². The molecule has 1 unspecified atom stereocenters. The van der Waals surface area contributed by atoms with Crippen LogP contribution in [0.25, 0.3) is 22.3 Å². The van der Waals surface area contributed by atoms with Gasteiger partial charge in [-0.1, -0.05) is 0 Å². The van der Waals surface area contributed by atoms with E-state index in [1.54, 1.807) is 0 Å². The number of hydrogen-bond donors (Lipinski definition) is 9. The minimum Gasteiger partial charge on any atom is -0.508 e. The van der Waals surface area contributed by atoms with Crippen LogP contribution >= 0.6 is 0 Å². The Balaban J connectivity index is 1.44. The van der Waals surface area contributed by atoms with Crippen molar-refractivity contribution < 1.29 is 69.3 Å². The number of phenolic OH excluding ortho intramolecular Hbond substituents is 3. The summed E-state index contributed by atoms with van der Waals surface area (Å²) in [4.78, 5) is 0. The molecule has 2 aromatic carbocycles. The molecule has 0 saturated carbocycles. The first-order valence-corrected chi connectivity index (χ1v) is 12.3. The Morgan fingerprint density at radius 3 is 2.02 bits per heavy atom. The van der Waals surface area contributed by atoms with E-state index in [-0.39, 0.29) is 39.7 Å². The molecular weight excluding hydrogens is 536 g/mol. The third-order valence-corrected chi connectivity index (χ3v) is 6.80. The zero-order valence-corrected chi connectivity index (χ0v) is 20.7. The van der Waals surface area contributed by atoms with Gasteiger partial charge < -0.3 is 64.9 Å². The van der Waals surface area contributed by atoms with Gasteiger partial charge in [-0.05, 0) is 24.3 Å². The van der Waals surface area contributed by atoms with Crippen LogP contribution < -0.4 is 4.74 Å². The van der Waals surface area contributed by atoms with Gasteiger partial charge in [-0.3, -0.25) is 0 Å². The number of hydrogen-bond acceptors (Lipinski definition) is 13. The summed E-state index contributed by atoms with van der Waals surface area (Å²) in [5.74, 6) is -0.656. The Labute approximate surface area is 226 Å². The second kappa shape index (κ2) is 11.3. The maximum Gasteiger partial charge on any atom is 0.402 e. The molecule has 14 nitrogen and oxygen atoms in total. The minimum absolute atomic E-state index is 0.0255. The molecule has 0 aliphatic carbocycles. The molecule has 9 atom stereocenters. The third kappa shape index (κ3) is 5.24. The van der Waals surface area contributed by atoms with Crippen molar-refractivity contribution in [2.24, 2.45) is 0 Å². The van der Waals surface area contributed by atoms with Gasteiger partial charge in [0.05, 0.1) is 24.8 Å². The first-order chi connectivity index (χ1) is 19.1. The predicted molar refractivity (Wildman–Crippen MR) is 132 cm³/mol. The molecule has 0 bridgehead atoms. The van der Waals surface area contributed by atoms with Gasteiger partial charge >= 0.3 is 11.3 Å². The highest BCUT2D eigenvalue weighted by atomic mass is 16.7. The summed E-state index contributed by atoms with van der Waals surface area (Å²) in [6.45, 7) is -1.34. The van der Waals surface area contributed by atoms with Crippen LogP contribution in [0.1, 0.15) is 0 Å². The average Bonchev–Trinajstić information content (AvgIpc) is 3.21. The fraction of sp³-hybridized carbons (Fsp3) is 0.423. The van der Waals surface area contributed by atoms with Crippen molar-refractivity contribution in [1.82, 2.24) is 0 Å². The third-order valence-electron chi connectivity index (χ3n) is 6.80. The van der Waals surface area contributed by atoms with Crippen molar-refractivity contribution in [3.05, 3.63) is 42.5 Å². The molecule has 3 aromatic rings. The molecule has 14 heteroatoms. The smallest absolute Gasteiger partial charge is 0.402 e. The average molecular weight is 566 g/mol. The second-order valence-corrected chi connectivity index (χ2v) is 9.50. The number of aromatic hydroxyl groups is 3. The molecule has 216 valence electrons. The van der Waals surface area contributed by atoms with E-state index in [9.17, 15) is 46.0 Å². The van der Waals surface area contributed by atoms with Gasteiger partial charge in [-0.25, -0.2) is 4.42 Å².